The van der Waals surface area contributed by atoms with Crippen molar-refractivity contribution in [1.82, 2.24) is 20.3 Å². The third kappa shape index (κ3) is 4.44. The lowest BCUT2D eigenvalue weighted by molar-refractivity contribution is 0.0957. The summed E-state index contributed by atoms with van der Waals surface area (Å²) in [5.41, 5.74) is 2.57. The fourth-order valence-corrected chi connectivity index (χ4v) is 4.26. The Hall–Kier alpha value is -3.39. The zero-order chi connectivity index (χ0) is 20.9. The van der Waals surface area contributed by atoms with Gasteiger partial charge in [0.25, 0.3) is 5.91 Å². The predicted octanol–water partition coefficient (Wildman–Crippen LogP) is 4.12. The van der Waals surface area contributed by atoms with Crippen molar-refractivity contribution in [3.8, 4) is 0 Å². The van der Waals surface area contributed by atoms with Crippen LogP contribution in [0.4, 0.5) is 10.2 Å². The van der Waals surface area contributed by atoms with E-state index in [1.807, 2.05) is 31.2 Å². The normalized spacial score (nSPS) is 10.9. The number of anilines is 1. The van der Waals surface area contributed by atoms with Crippen LogP contribution in [0.5, 0.6) is 0 Å². The van der Waals surface area contributed by atoms with Gasteiger partial charge in [-0.3, -0.25) is 9.78 Å². The van der Waals surface area contributed by atoms with Gasteiger partial charge in [0.15, 0.2) is 0 Å². The Balaban J connectivity index is 1.47. The van der Waals surface area contributed by atoms with Crippen LogP contribution < -0.4 is 10.6 Å². The van der Waals surface area contributed by atoms with Crippen molar-refractivity contribution in [1.29, 1.82) is 0 Å². The number of hydrogen-bond donors (Lipinski definition) is 2. The van der Waals surface area contributed by atoms with E-state index in [2.05, 4.69) is 25.6 Å². The number of carbonyl (C=O) groups excluding carboxylic acids is 1. The second-order valence-electron chi connectivity index (χ2n) is 6.77. The van der Waals surface area contributed by atoms with Crippen LogP contribution in [0.25, 0.3) is 10.2 Å². The number of fused-ring (bicyclic) bond motifs is 1. The molecular formula is C22H20FN5OS. The van der Waals surface area contributed by atoms with Crippen molar-refractivity contribution in [2.45, 2.75) is 19.9 Å². The first-order valence-corrected chi connectivity index (χ1v) is 10.3. The van der Waals surface area contributed by atoms with Gasteiger partial charge in [0.2, 0.25) is 0 Å². The Bertz CT molecular complexity index is 1180. The van der Waals surface area contributed by atoms with Crippen LogP contribution >= 0.6 is 11.3 Å². The van der Waals surface area contributed by atoms with Crippen molar-refractivity contribution >= 4 is 33.3 Å². The molecule has 152 valence electrons. The number of benzene rings is 1. The average Bonchev–Trinajstić information content (AvgIpc) is 3.10. The molecule has 0 spiro atoms. The smallest absolute Gasteiger partial charge is 0.261 e. The van der Waals surface area contributed by atoms with E-state index in [1.54, 1.807) is 12.3 Å². The van der Waals surface area contributed by atoms with Crippen LogP contribution in [0.3, 0.4) is 0 Å². The summed E-state index contributed by atoms with van der Waals surface area (Å²) in [7, 11) is 0. The highest BCUT2D eigenvalue weighted by Gasteiger charge is 2.19. The minimum Gasteiger partial charge on any atom is -0.364 e. The summed E-state index contributed by atoms with van der Waals surface area (Å²) < 4.78 is 13.3. The van der Waals surface area contributed by atoms with Crippen LogP contribution in [0.1, 0.15) is 26.5 Å². The molecule has 30 heavy (non-hydrogen) atoms. The molecule has 0 bridgehead atoms. The lowest BCUT2D eigenvalue weighted by atomic mass is 10.1. The SMILES string of the molecule is Cc1c(C(=O)NCCc2cccc(F)c2)sc2ncnc(NCc3ccccn3)c12. The Morgan fingerprint density at radius 2 is 2.03 bits per heavy atom. The van der Waals surface area contributed by atoms with E-state index in [1.165, 1.54) is 29.8 Å². The molecule has 1 aromatic carbocycles. The third-order valence-corrected chi connectivity index (χ3v) is 5.88. The molecule has 3 heterocycles. The lowest BCUT2D eigenvalue weighted by Gasteiger charge is -2.07. The average molecular weight is 422 g/mol. The van der Waals surface area contributed by atoms with Gasteiger partial charge in [0.05, 0.1) is 22.5 Å². The van der Waals surface area contributed by atoms with E-state index in [9.17, 15) is 9.18 Å². The number of nitrogens with zero attached hydrogens (tertiary/aromatic N) is 3. The van der Waals surface area contributed by atoms with E-state index < -0.39 is 0 Å². The number of pyridine rings is 1. The standard InChI is InChI=1S/C22H20FN5OS/c1-14-18-20(26-12-17-7-2-3-9-24-17)27-13-28-22(18)30-19(14)21(29)25-10-8-15-5-4-6-16(23)11-15/h2-7,9,11,13H,8,10,12H2,1H3,(H,25,29)(H,26,27,28). The third-order valence-electron chi connectivity index (χ3n) is 4.68. The molecule has 0 saturated heterocycles. The lowest BCUT2D eigenvalue weighted by Crippen LogP contribution is -2.25. The summed E-state index contributed by atoms with van der Waals surface area (Å²) in [6, 6.07) is 12.1. The molecule has 0 atom stereocenters. The molecule has 2 N–H and O–H groups in total. The summed E-state index contributed by atoms with van der Waals surface area (Å²) in [5, 5.41) is 7.05. The van der Waals surface area contributed by atoms with Gasteiger partial charge >= 0.3 is 0 Å². The Labute approximate surface area is 177 Å². The van der Waals surface area contributed by atoms with Crippen molar-refractivity contribution in [3.05, 3.63) is 82.5 Å². The van der Waals surface area contributed by atoms with Crippen LogP contribution in [0.15, 0.2) is 55.0 Å². The van der Waals surface area contributed by atoms with E-state index in [-0.39, 0.29) is 11.7 Å². The molecule has 4 rings (SSSR count). The highest BCUT2D eigenvalue weighted by Crippen LogP contribution is 2.33. The first-order valence-electron chi connectivity index (χ1n) is 9.52. The second kappa shape index (κ2) is 8.96. The van der Waals surface area contributed by atoms with Crippen LogP contribution in [0.2, 0.25) is 0 Å². The van der Waals surface area contributed by atoms with Crippen molar-refractivity contribution in [3.63, 3.8) is 0 Å². The van der Waals surface area contributed by atoms with Gasteiger partial charge < -0.3 is 10.6 Å². The highest BCUT2D eigenvalue weighted by molar-refractivity contribution is 7.20. The molecule has 1 amide bonds. The minimum absolute atomic E-state index is 0.164. The van der Waals surface area contributed by atoms with Crippen molar-refractivity contribution < 1.29 is 9.18 Å². The summed E-state index contributed by atoms with van der Waals surface area (Å²) in [6.45, 7) is 2.85. The Morgan fingerprint density at radius 1 is 1.13 bits per heavy atom. The maximum Gasteiger partial charge on any atom is 0.261 e. The number of rotatable bonds is 7. The summed E-state index contributed by atoms with van der Waals surface area (Å²) in [6.07, 6.45) is 3.80. The summed E-state index contributed by atoms with van der Waals surface area (Å²) in [4.78, 5) is 27.1. The maximum absolute atomic E-state index is 13.3. The van der Waals surface area contributed by atoms with Gasteiger partial charge in [0.1, 0.15) is 22.8 Å². The zero-order valence-corrected chi connectivity index (χ0v) is 17.2. The quantitative estimate of drug-likeness (QED) is 0.469. The minimum atomic E-state index is -0.275. The van der Waals surface area contributed by atoms with E-state index in [0.717, 1.165) is 27.0 Å². The highest BCUT2D eigenvalue weighted by atomic mass is 32.1. The van der Waals surface area contributed by atoms with Crippen molar-refractivity contribution in [2.24, 2.45) is 0 Å². The monoisotopic (exact) mass is 421 g/mol. The Morgan fingerprint density at radius 3 is 2.83 bits per heavy atom. The molecule has 0 radical (unpaired) electrons. The molecule has 8 heteroatoms. The molecule has 4 aromatic rings. The Kier molecular flexibility index (Phi) is 5.94. The number of carbonyl (C=O) groups is 1. The van der Waals surface area contributed by atoms with Crippen LogP contribution in [0, 0.1) is 12.7 Å². The van der Waals surface area contributed by atoms with Gasteiger partial charge in [-0.25, -0.2) is 14.4 Å². The maximum atomic E-state index is 13.3. The number of halogens is 1. The van der Waals surface area contributed by atoms with Gasteiger partial charge in [-0.15, -0.1) is 11.3 Å². The van der Waals surface area contributed by atoms with Gasteiger partial charge in [0, 0.05) is 12.7 Å². The molecule has 0 fully saturated rings. The second-order valence-corrected chi connectivity index (χ2v) is 7.77. The molecule has 0 aliphatic rings. The molecule has 3 aromatic heterocycles. The molecule has 0 aliphatic carbocycles. The number of thiophene rings is 1. The fraction of sp³-hybridized carbons (Fsp3) is 0.182. The molecule has 6 nitrogen and oxygen atoms in total. The molecule has 0 saturated carbocycles. The number of amides is 1. The summed E-state index contributed by atoms with van der Waals surface area (Å²) in [5.74, 6) is 0.240. The van der Waals surface area contributed by atoms with Crippen LogP contribution in [-0.2, 0) is 13.0 Å². The van der Waals surface area contributed by atoms with Crippen LogP contribution in [-0.4, -0.2) is 27.4 Å². The number of nitrogens with one attached hydrogen (secondary N) is 2. The summed E-state index contributed by atoms with van der Waals surface area (Å²) >= 11 is 1.34. The molecule has 0 aliphatic heterocycles. The molecular weight excluding hydrogens is 401 g/mol. The largest absolute Gasteiger partial charge is 0.364 e. The topological polar surface area (TPSA) is 79.8 Å². The predicted molar refractivity (Wildman–Crippen MR) is 116 cm³/mol. The molecule has 0 unspecified atom stereocenters. The first-order chi connectivity index (χ1) is 14.6. The first kappa shape index (κ1) is 19.9. The van der Waals surface area contributed by atoms with Crippen molar-refractivity contribution in [2.75, 3.05) is 11.9 Å². The van der Waals surface area contributed by atoms with Gasteiger partial charge in [-0.05, 0) is 48.7 Å². The number of aryl methyl sites for hydroxylation is 1. The fourth-order valence-electron chi connectivity index (χ4n) is 3.19. The van der Waals surface area contributed by atoms with Gasteiger partial charge in [-0.1, -0.05) is 18.2 Å². The van der Waals surface area contributed by atoms with E-state index >= 15 is 0 Å². The number of hydrogen-bond acceptors (Lipinski definition) is 6. The van der Waals surface area contributed by atoms with E-state index in [4.69, 9.17) is 0 Å². The van der Waals surface area contributed by atoms with E-state index in [0.29, 0.717) is 30.2 Å². The number of aromatic nitrogens is 3. The van der Waals surface area contributed by atoms with Gasteiger partial charge in [-0.2, -0.15) is 0 Å². The zero-order valence-electron chi connectivity index (χ0n) is 16.4.